The highest BCUT2D eigenvalue weighted by atomic mass is 32.1. The van der Waals surface area contributed by atoms with Crippen LogP contribution in [0.5, 0.6) is 5.75 Å². The molecule has 0 unspecified atom stereocenters. The van der Waals surface area contributed by atoms with Crippen LogP contribution in [0.25, 0.3) is 0 Å². The van der Waals surface area contributed by atoms with Crippen molar-refractivity contribution < 1.29 is 19.5 Å². The third-order valence-corrected chi connectivity index (χ3v) is 2.54. The first-order valence-corrected chi connectivity index (χ1v) is 5.46. The van der Waals surface area contributed by atoms with Gasteiger partial charge in [-0.3, -0.25) is 0 Å². The fourth-order valence-electron chi connectivity index (χ4n) is 1.36. The van der Waals surface area contributed by atoms with Gasteiger partial charge in [-0.25, -0.2) is 4.79 Å². The molecular formula is C11H15NO4S. The summed E-state index contributed by atoms with van der Waals surface area (Å²) in [5, 5.41) is 9.96. The maximum Gasteiger partial charge on any atom is 0.331 e. The Bertz CT molecular complexity index is 368. The number of aliphatic hydroxyl groups excluding tert-OH is 1. The predicted octanol–water partition coefficient (Wildman–Crippen LogP) is 1.26. The van der Waals surface area contributed by atoms with Crippen molar-refractivity contribution in [1.82, 2.24) is 4.89 Å². The van der Waals surface area contributed by atoms with E-state index in [0.29, 0.717) is 11.3 Å². The summed E-state index contributed by atoms with van der Waals surface area (Å²) in [6, 6.07) is 6.82. The summed E-state index contributed by atoms with van der Waals surface area (Å²) >= 11 is 3.55. The van der Waals surface area contributed by atoms with Crippen LogP contribution >= 0.6 is 12.8 Å². The molecule has 0 aliphatic rings. The Kier molecular flexibility index (Phi) is 5.27. The van der Waals surface area contributed by atoms with Gasteiger partial charge in [0.25, 0.3) is 0 Å². The highest BCUT2D eigenvalue weighted by Gasteiger charge is 2.25. The molecule has 0 fully saturated rings. The fraction of sp³-hybridized carbons (Fsp3) is 0.364. The Morgan fingerprint density at radius 2 is 2.00 bits per heavy atom. The lowest BCUT2D eigenvalue weighted by molar-refractivity contribution is -0.155. The number of carbonyl (C=O) groups is 1. The van der Waals surface area contributed by atoms with E-state index in [1.165, 1.54) is 0 Å². The van der Waals surface area contributed by atoms with Gasteiger partial charge in [0.05, 0.1) is 19.1 Å². The molecule has 6 heteroatoms. The molecule has 0 aliphatic heterocycles. The van der Waals surface area contributed by atoms with Gasteiger partial charge in [-0.15, -0.1) is 0 Å². The SMILES string of the molecule is COc1ccc([C@@H](O)[C@@H](C)C(=O)ONS)cc1. The van der Waals surface area contributed by atoms with E-state index >= 15 is 0 Å². The van der Waals surface area contributed by atoms with Gasteiger partial charge in [0, 0.05) is 0 Å². The van der Waals surface area contributed by atoms with Crippen LogP contribution in [0, 0.1) is 5.92 Å². The van der Waals surface area contributed by atoms with E-state index in [9.17, 15) is 9.90 Å². The number of carbonyl (C=O) groups excluding carboxylic acids is 1. The van der Waals surface area contributed by atoms with Crippen molar-refractivity contribution in [1.29, 1.82) is 0 Å². The molecule has 0 aromatic heterocycles. The normalized spacial score (nSPS) is 13.9. The molecule has 2 N–H and O–H groups in total. The number of hydrogen-bond acceptors (Lipinski definition) is 6. The zero-order chi connectivity index (χ0) is 12.8. The van der Waals surface area contributed by atoms with E-state index in [4.69, 9.17) is 4.74 Å². The van der Waals surface area contributed by atoms with Crippen LogP contribution in [-0.2, 0) is 9.63 Å². The summed E-state index contributed by atoms with van der Waals surface area (Å²) < 4.78 is 5.00. The second-order valence-electron chi connectivity index (χ2n) is 3.52. The Morgan fingerprint density at radius 1 is 1.41 bits per heavy atom. The van der Waals surface area contributed by atoms with Crippen LogP contribution in [0.1, 0.15) is 18.6 Å². The average Bonchev–Trinajstić information content (AvgIpc) is 2.37. The minimum Gasteiger partial charge on any atom is -0.497 e. The monoisotopic (exact) mass is 257 g/mol. The van der Waals surface area contributed by atoms with Crippen LogP contribution < -0.4 is 9.62 Å². The summed E-state index contributed by atoms with van der Waals surface area (Å²) in [4.78, 5) is 17.8. The standard InChI is InChI=1S/C11H15NO4S/c1-7(11(14)16-12-17)10(13)8-3-5-9(15-2)6-4-8/h3-7,10,12-13,17H,1-2H3/t7-,10+/m1/s1. The molecule has 17 heavy (non-hydrogen) atoms. The maximum absolute atomic E-state index is 11.4. The summed E-state index contributed by atoms with van der Waals surface area (Å²) in [5.74, 6) is -0.584. The van der Waals surface area contributed by atoms with Gasteiger partial charge in [0.15, 0.2) is 0 Å². The Morgan fingerprint density at radius 3 is 2.47 bits per heavy atom. The molecule has 1 rings (SSSR count). The quantitative estimate of drug-likeness (QED) is 0.547. The number of ether oxygens (including phenoxy) is 1. The van der Waals surface area contributed by atoms with Gasteiger partial charge < -0.3 is 14.7 Å². The average molecular weight is 257 g/mol. The Balaban J connectivity index is 2.73. The van der Waals surface area contributed by atoms with Crippen molar-refractivity contribution in [3.05, 3.63) is 29.8 Å². The smallest absolute Gasteiger partial charge is 0.331 e. The van der Waals surface area contributed by atoms with Crippen molar-refractivity contribution in [3.63, 3.8) is 0 Å². The van der Waals surface area contributed by atoms with Gasteiger partial charge in [-0.2, -0.15) is 0 Å². The summed E-state index contributed by atoms with van der Waals surface area (Å²) in [5.41, 5.74) is 0.620. The van der Waals surface area contributed by atoms with Crippen molar-refractivity contribution >= 4 is 18.8 Å². The number of benzene rings is 1. The molecule has 0 aliphatic carbocycles. The number of thiol groups is 1. The minimum atomic E-state index is -0.935. The zero-order valence-electron chi connectivity index (χ0n) is 9.58. The van der Waals surface area contributed by atoms with Crippen molar-refractivity contribution in [2.24, 2.45) is 5.92 Å². The van der Waals surface area contributed by atoms with Crippen molar-refractivity contribution in [2.75, 3.05) is 7.11 Å². The van der Waals surface area contributed by atoms with E-state index in [1.807, 2.05) is 4.89 Å². The van der Waals surface area contributed by atoms with Crippen molar-refractivity contribution in [2.45, 2.75) is 13.0 Å². The van der Waals surface area contributed by atoms with E-state index in [0.717, 1.165) is 0 Å². The van der Waals surface area contributed by atoms with Gasteiger partial charge >= 0.3 is 5.97 Å². The van der Waals surface area contributed by atoms with E-state index in [2.05, 4.69) is 17.7 Å². The predicted molar refractivity (Wildman–Crippen MR) is 65.3 cm³/mol. The first-order chi connectivity index (χ1) is 8.10. The van der Waals surface area contributed by atoms with Gasteiger partial charge in [0.1, 0.15) is 5.75 Å². The van der Waals surface area contributed by atoms with Gasteiger partial charge in [-0.1, -0.05) is 29.8 Å². The van der Waals surface area contributed by atoms with Crippen LogP contribution in [0.4, 0.5) is 0 Å². The molecule has 0 radical (unpaired) electrons. The lowest BCUT2D eigenvalue weighted by Crippen LogP contribution is -2.24. The summed E-state index contributed by atoms with van der Waals surface area (Å²) in [6.07, 6.45) is -0.935. The zero-order valence-corrected chi connectivity index (χ0v) is 10.5. The number of rotatable bonds is 5. The number of nitrogens with one attached hydrogen (secondary N) is 1. The molecular weight excluding hydrogens is 242 g/mol. The first-order valence-electron chi connectivity index (χ1n) is 5.02. The molecule has 1 aromatic carbocycles. The molecule has 1 aromatic rings. The second-order valence-corrected chi connectivity index (χ2v) is 3.70. The molecule has 0 saturated carbocycles. The van der Waals surface area contributed by atoms with E-state index < -0.39 is 18.0 Å². The lowest BCUT2D eigenvalue weighted by atomic mass is 9.97. The van der Waals surface area contributed by atoms with Crippen LogP contribution in [0.15, 0.2) is 24.3 Å². The van der Waals surface area contributed by atoms with Crippen LogP contribution in [0.2, 0.25) is 0 Å². The van der Waals surface area contributed by atoms with Gasteiger partial charge in [-0.05, 0) is 24.6 Å². The summed E-state index contributed by atoms with van der Waals surface area (Å²) in [7, 11) is 1.56. The van der Waals surface area contributed by atoms with Crippen LogP contribution in [0.3, 0.4) is 0 Å². The highest BCUT2D eigenvalue weighted by molar-refractivity contribution is 7.77. The number of methoxy groups -OCH3 is 1. The molecule has 5 nitrogen and oxygen atoms in total. The molecule has 0 amide bonds. The largest absolute Gasteiger partial charge is 0.497 e. The number of hydrogen-bond donors (Lipinski definition) is 3. The molecule has 0 heterocycles. The maximum atomic E-state index is 11.4. The number of aliphatic hydroxyl groups is 1. The molecule has 0 saturated heterocycles. The summed E-state index contributed by atoms with van der Waals surface area (Å²) in [6.45, 7) is 1.57. The molecule has 0 bridgehead atoms. The first kappa shape index (κ1) is 13.8. The lowest BCUT2D eigenvalue weighted by Gasteiger charge is -2.17. The van der Waals surface area contributed by atoms with Crippen LogP contribution in [-0.4, -0.2) is 18.2 Å². The van der Waals surface area contributed by atoms with E-state index in [1.54, 1.807) is 38.3 Å². The molecule has 0 spiro atoms. The van der Waals surface area contributed by atoms with Crippen molar-refractivity contribution in [3.8, 4) is 5.75 Å². The highest BCUT2D eigenvalue weighted by Crippen LogP contribution is 2.24. The molecule has 94 valence electrons. The third kappa shape index (κ3) is 3.62. The third-order valence-electron chi connectivity index (χ3n) is 2.45. The van der Waals surface area contributed by atoms with Gasteiger partial charge in [0.2, 0.25) is 0 Å². The Hall–Kier alpha value is -1.24. The topological polar surface area (TPSA) is 67.8 Å². The minimum absolute atomic E-state index is 0.580. The Labute approximate surface area is 105 Å². The van der Waals surface area contributed by atoms with E-state index in [-0.39, 0.29) is 0 Å². The molecule has 2 atom stereocenters. The fourth-order valence-corrected chi connectivity index (χ4v) is 1.45. The second kappa shape index (κ2) is 6.48.